The molecule has 1 aromatic carbocycles. The Morgan fingerprint density at radius 3 is 2.54 bits per heavy atom. The summed E-state index contributed by atoms with van der Waals surface area (Å²) < 4.78 is 39.2. The molecule has 1 N–H and O–H groups in total. The number of alkyl halides is 3. The van der Waals surface area contributed by atoms with Gasteiger partial charge >= 0.3 is 6.18 Å². The predicted molar refractivity (Wildman–Crippen MR) is 104 cm³/mol. The Balaban J connectivity index is 1.27. The first kappa shape index (κ1) is 18.9. The van der Waals surface area contributed by atoms with E-state index in [-0.39, 0.29) is 0 Å². The van der Waals surface area contributed by atoms with Gasteiger partial charge in [-0.1, -0.05) is 11.3 Å². The third-order valence-corrected chi connectivity index (χ3v) is 5.62. The van der Waals surface area contributed by atoms with Crippen molar-refractivity contribution in [3.63, 3.8) is 0 Å². The second kappa shape index (κ2) is 7.88. The zero-order valence-electron chi connectivity index (χ0n) is 15.0. The van der Waals surface area contributed by atoms with Crippen LogP contribution in [0.25, 0.3) is 10.2 Å². The molecule has 0 unspecified atom stereocenters. The molecule has 1 aliphatic rings. The first-order valence-electron chi connectivity index (χ1n) is 8.95. The van der Waals surface area contributed by atoms with Gasteiger partial charge in [0.05, 0.1) is 15.8 Å². The van der Waals surface area contributed by atoms with E-state index in [0.717, 1.165) is 55.5 Å². The fourth-order valence-electron chi connectivity index (χ4n) is 3.13. The number of piperazine rings is 1. The third-order valence-electron chi connectivity index (χ3n) is 4.63. The van der Waals surface area contributed by atoms with Crippen molar-refractivity contribution in [1.82, 2.24) is 19.9 Å². The number of aromatic nitrogens is 3. The summed E-state index contributed by atoms with van der Waals surface area (Å²) in [4.78, 5) is 17.3. The van der Waals surface area contributed by atoms with Crippen LogP contribution in [0, 0.1) is 0 Å². The lowest BCUT2D eigenvalue weighted by Crippen LogP contribution is -2.48. The Morgan fingerprint density at radius 2 is 1.82 bits per heavy atom. The lowest BCUT2D eigenvalue weighted by molar-refractivity contribution is -0.137. The monoisotopic (exact) mass is 408 g/mol. The van der Waals surface area contributed by atoms with Crippen LogP contribution in [-0.4, -0.2) is 59.1 Å². The molecule has 6 nitrogen and oxygen atoms in total. The van der Waals surface area contributed by atoms with Crippen molar-refractivity contribution in [1.29, 1.82) is 0 Å². The van der Waals surface area contributed by atoms with Crippen LogP contribution in [0.3, 0.4) is 0 Å². The Bertz CT molecular complexity index is 922. The van der Waals surface area contributed by atoms with Gasteiger partial charge in [0, 0.05) is 51.7 Å². The Kier molecular flexibility index (Phi) is 5.31. The second-order valence-corrected chi connectivity index (χ2v) is 7.53. The highest BCUT2D eigenvalue weighted by Crippen LogP contribution is 2.33. The standard InChI is InChI=1S/C18H19F3N6S/c19-18(20,21)13-2-3-15-14(12-13)25-17(28-15)24-6-7-26-8-10-27(11-9-26)16-22-4-1-5-23-16/h1-5,12H,6-11H2,(H,24,25). The highest BCUT2D eigenvalue weighted by atomic mass is 32.1. The normalized spacial score (nSPS) is 15.9. The molecule has 0 saturated carbocycles. The number of fused-ring (bicyclic) bond motifs is 1. The fraction of sp³-hybridized carbons (Fsp3) is 0.389. The molecule has 0 bridgehead atoms. The summed E-state index contributed by atoms with van der Waals surface area (Å²) in [6.45, 7) is 5.08. The maximum atomic E-state index is 12.8. The van der Waals surface area contributed by atoms with E-state index in [9.17, 15) is 13.2 Å². The summed E-state index contributed by atoms with van der Waals surface area (Å²) in [5, 5.41) is 3.87. The molecule has 4 rings (SSSR count). The van der Waals surface area contributed by atoms with Crippen LogP contribution in [0.5, 0.6) is 0 Å². The van der Waals surface area contributed by atoms with E-state index in [4.69, 9.17) is 0 Å². The van der Waals surface area contributed by atoms with Gasteiger partial charge in [-0.2, -0.15) is 13.2 Å². The van der Waals surface area contributed by atoms with Gasteiger partial charge in [-0.3, -0.25) is 4.90 Å². The molecule has 28 heavy (non-hydrogen) atoms. The molecule has 10 heteroatoms. The van der Waals surface area contributed by atoms with Gasteiger partial charge < -0.3 is 10.2 Å². The first-order valence-corrected chi connectivity index (χ1v) is 9.77. The van der Waals surface area contributed by atoms with Crippen LogP contribution in [0.2, 0.25) is 0 Å². The number of rotatable bonds is 5. The van der Waals surface area contributed by atoms with Crippen molar-refractivity contribution in [2.45, 2.75) is 6.18 Å². The largest absolute Gasteiger partial charge is 0.416 e. The van der Waals surface area contributed by atoms with Crippen molar-refractivity contribution in [3.05, 3.63) is 42.2 Å². The molecule has 0 atom stereocenters. The van der Waals surface area contributed by atoms with Gasteiger partial charge in [-0.05, 0) is 24.3 Å². The van der Waals surface area contributed by atoms with E-state index in [1.165, 1.54) is 17.4 Å². The Labute approximate surface area is 164 Å². The molecule has 1 saturated heterocycles. The van der Waals surface area contributed by atoms with Gasteiger partial charge in [-0.15, -0.1) is 0 Å². The van der Waals surface area contributed by atoms with Crippen LogP contribution in [0.15, 0.2) is 36.7 Å². The number of halogens is 3. The first-order chi connectivity index (χ1) is 13.5. The number of hydrogen-bond acceptors (Lipinski definition) is 7. The molecule has 1 aliphatic heterocycles. The van der Waals surface area contributed by atoms with E-state index in [1.807, 2.05) is 0 Å². The Morgan fingerprint density at radius 1 is 1.07 bits per heavy atom. The van der Waals surface area contributed by atoms with Gasteiger partial charge in [0.1, 0.15) is 0 Å². The fourth-order valence-corrected chi connectivity index (χ4v) is 4.00. The topological polar surface area (TPSA) is 57.2 Å². The van der Waals surface area contributed by atoms with Crippen LogP contribution < -0.4 is 10.2 Å². The molecular weight excluding hydrogens is 389 g/mol. The zero-order chi connectivity index (χ0) is 19.6. The molecule has 0 amide bonds. The maximum absolute atomic E-state index is 12.8. The summed E-state index contributed by atoms with van der Waals surface area (Å²) in [5.74, 6) is 0.757. The summed E-state index contributed by atoms with van der Waals surface area (Å²) >= 11 is 1.37. The van der Waals surface area contributed by atoms with E-state index in [1.54, 1.807) is 18.5 Å². The molecule has 0 spiro atoms. The second-order valence-electron chi connectivity index (χ2n) is 6.50. The molecular formula is C18H19F3N6S. The molecule has 0 aliphatic carbocycles. The van der Waals surface area contributed by atoms with E-state index in [2.05, 4.69) is 30.1 Å². The average Bonchev–Trinajstić information content (AvgIpc) is 3.10. The van der Waals surface area contributed by atoms with Crippen LogP contribution in [-0.2, 0) is 6.18 Å². The number of anilines is 2. The van der Waals surface area contributed by atoms with Crippen LogP contribution >= 0.6 is 11.3 Å². The summed E-state index contributed by atoms with van der Waals surface area (Å²) in [6, 6.07) is 5.48. The summed E-state index contributed by atoms with van der Waals surface area (Å²) in [6.07, 6.45) is -0.860. The van der Waals surface area contributed by atoms with Crippen molar-refractivity contribution in [2.24, 2.45) is 0 Å². The van der Waals surface area contributed by atoms with Crippen molar-refractivity contribution in [2.75, 3.05) is 49.5 Å². The average molecular weight is 408 g/mol. The molecule has 1 fully saturated rings. The number of benzene rings is 1. The lowest BCUT2D eigenvalue weighted by Gasteiger charge is -2.34. The third kappa shape index (κ3) is 4.33. The minimum absolute atomic E-state index is 0.374. The maximum Gasteiger partial charge on any atom is 0.416 e. The van der Waals surface area contributed by atoms with Crippen molar-refractivity contribution < 1.29 is 13.2 Å². The quantitative estimate of drug-likeness (QED) is 0.699. The minimum atomic E-state index is -4.35. The van der Waals surface area contributed by atoms with Gasteiger partial charge in [0.15, 0.2) is 5.13 Å². The van der Waals surface area contributed by atoms with Crippen molar-refractivity contribution in [3.8, 4) is 0 Å². The number of thiazole rings is 1. The molecule has 2 aromatic heterocycles. The highest BCUT2D eigenvalue weighted by Gasteiger charge is 2.30. The summed E-state index contributed by atoms with van der Waals surface area (Å²) in [5.41, 5.74) is -0.295. The lowest BCUT2D eigenvalue weighted by atomic mass is 10.2. The zero-order valence-corrected chi connectivity index (χ0v) is 15.8. The number of nitrogens with one attached hydrogen (secondary N) is 1. The van der Waals surface area contributed by atoms with Crippen LogP contribution in [0.1, 0.15) is 5.56 Å². The predicted octanol–water partition coefficient (Wildman–Crippen LogP) is 3.34. The SMILES string of the molecule is FC(F)(F)c1ccc2sc(NCCN3CCN(c4ncccn4)CC3)nc2c1. The Hall–Kier alpha value is -2.46. The van der Waals surface area contributed by atoms with E-state index >= 15 is 0 Å². The molecule has 0 radical (unpaired) electrons. The minimum Gasteiger partial charge on any atom is -0.360 e. The van der Waals surface area contributed by atoms with E-state index in [0.29, 0.717) is 17.2 Å². The summed E-state index contributed by atoms with van der Waals surface area (Å²) in [7, 11) is 0. The number of nitrogens with zero attached hydrogens (tertiary/aromatic N) is 5. The van der Waals surface area contributed by atoms with Gasteiger partial charge in [-0.25, -0.2) is 15.0 Å². The smallest absolute Gasteiger partial charge is 0.360 e. The number of hydrogen-bond donors (Lipinski definition) is 1. The molecule has 3 heterocycles. The molecule has 148 valence electrons. The van der Waals surface area contributed by atoms with Gasteiger partial charge in [0.25, 0.3) is 0 Å². The van der Waals surface area contributed by atoms with E-state index < -0.39 is 11.7 Å². The van der Waals surface area contributed by atoms with Crippen molar-refractivity contribution >= 4 is 32.6 Å². The highest BCUT2D eigenvalue weighted by molar-refractivity contribution is 7.22. The van der Waals surface area contributed by atoms with Gasteiger partial charge in [0.2, 0.25) is 5.95 Å². The van der Waals surface area contributed by atoms with Crippen LogP contribution in [0.4, 0.5) is 24.3 Å². The molecule has 3 aromatic rings.